The number of rotatable bonds is 5. The summed E-state index contributed by atoms with van der Waals surface area (Å²) in [5.41, 5.74) is 3.15. The van der Waals surface area contributed by atoms with Crippen molar-refractivity contribution in [3.63, 3.8) is 0 Å². The second kappa shape index (κ2) is 8.75. The van der Waals surface area contributed by atoms with Crippen LogP contribution in [0.5, 0.6) is 0 Å². The van der Waals surface area contributed by atoms with Crippen molar-refractivity contribution in [1.82, 2.24) is 10.2 Å². The number of hydrogen-bond acceptors (Lipinski definition) is 7. The maximum atomic E-state index is 12.4. The van der Waals surface area contributed by atoms with Crippen LogP contribution in [0.2, 0.25) is 0 Å². The summed E-state index contributed by atoms with van der Waals surface area (Å²) < 4.78 is 10.6. The Hall–Kier alpha value is -3.72. The third kappa shape index (κ3) is 4.64. The topological polar surface area (TPSA) is 110 Å². The van der Waals surface area contributed by atoms with E-state index in [2.05, 4.69) is 25.7 Å². The van der Waals surface area contributed by atoms with E-state index in [1.807, 2.05) is 31.2 Å². The second-order valence-electron chi connectivity index (χ2n) is 6.83. The van der Waals surface area contributed by atoms with Gasteiger partial charge >= 0.3 is 17.8 Å². The number of benzene rings is 2. The normalized spacial score (nSPS) is 13.7. The zero-order valence-electron chi connectivity index (χ0n) is 16.4. The van der Waals surface area contributed by atoms with Crippen LogP contribution >= 0.6 is 0 Å². The van der Waals surface area contributed by atoms with Gasteiger partial charge in [0.25, 0.3) is 5.91 Å². The van der Waals surface area contributed by atoms with Crippen molar-refractivity contribution < 1.29 is 18.7 Å². The van der Waals surface area contributed by atoms with Crippen LogP contribution in [0.4, 0.5) is 17.4 Å². The number of aromatic nitrogens is 2. The number of carbonyl (C=O) groups is 2. The van der Waals surface area contributed by atoms with E-state index in [-0.39, 0.29) is 11.9 Å². The standard InChI is InChI=1S/C21H21N5O4/c1-14-2-4-15(5-3-14)18(27)23-21-25-24-20(30-21)19(28)22-16-6-8-17(9-7-16)26-10-12-29-13-11-26/h2-9H,10-13H2,1H3,(H,22,28)(H,23,25,27). The predicted molar refractivity (Wildman–Crippen MR) is 111 cm³/mol. The Labute approximate surface area is 173 Å². The number of anilines is 3. The minimum absolute atomic E-state index is 0.145. The van der Waals surface area contributed by atoms with Gasteiger partial charge in [-0.1, -0.05) is 22.8 Å². The number of amides is 2. The molecule has 154 valence electrons. The molecule has 2 N–H and O–H groups in total. The lowest BCUT2D eigenvalue weighted by atomic mass is 10.1. The Morgan fingerprint density at radius 2 is 1.60 bits per heavy atom. The monoisotopic (exact) mass is 407 g/mol. The van der Waals surface area contributed by atoms with Gasteiger partial charge in [-0.2, -0.15) is 0 Å². The highest BCUT2D eigenvalue weighted by atomic mass is 16.5. The molecule has 0 saturated carbocycles. The molecule has 2 amide bonds. The molecule has 2 heterocycles. The number of morpholine rings is 1. The minimum Gasteiger partial charge on any atom is -0.399 e. The van der Waals surface area contributed by atoms with E-state index in [9.17, 15) is 9.59 Å². The van der Waals surface area contributed by atoms with Crippen LogP contribution in [0.25, 0.3) is 0 Å². The summed E-state index contributed by atoms with van der Waals surface area (Å²) in [6.45, 7) is 5.02. The van der Waals surface area contributed by atoms with E-state index in [0.29, 0.717) is 24.5 Å². The van der Waals surface area contributed by atoms with Crippen LogP contribution in [0, 0.1) is 6.92 Å². The summed E-state index contributed by atoms with van der Waals surface area (Å²) in [6, 6.07) is 14.4. The summed E-state index contributed by atoms with van der Waals surface area (Å²) in [7, 11) is 0. The molecule has 9 heteroatoms. The molecular formula is C21H21N5O4. The summed E-state index contributed by atoms with van der Waals surface area (Å²) in [4.78, 5) is 26.8. The second-order valence-corrected chi connectivity index (χ2v) is 6.83. The maximum Gasteiger partial charge on any atom is 0.322 e. The van der Waals surface area contributed by atoms with Gasteiger partial charge in [0.05, 0.1) is 13.2 Å². The lowest BCUT2D eigenvalue weighted by molar-refractivity contribution is 0.0983. The Morgan fingerprint density at radius 3 is 2.30 bits per heavy atom. The molecule has 1 aromatic heterocycles. The zero-order valence-corrected chi connectivity index (χ0v) is 16.4. The molecular weight excluding hydrogens is 386 g/mol. The van der Waals surface area contributed by atoms with E-state index >= 15 is 0 Å². The van der Waals surface area contributed by atoms with Gasteiger partial charge in [0.1, 0.15) is 0 Å². The number of nitrogens with one attached hydrogen (secondary N) is 2. The SMILES string of the molecule is Cc1ccc(C(=O)Nc2nnc(C(=O)Nc3ccc(N4CCOCC4)cc3)o2)cc1. The number of ether oxygens (including phenoxy) is 1. The first kappa shape index (κ1) is 19.6. The molecule has 1 fully saturated rings. The van der Waals surface area contributed by atoms with E-state index in [4.69, 9.17) is 9.15 Å². The van der Waals surface area contributed by atoms with Crippen LogP contribution in [-0.2, 0) is 4.74 Å². The summed E-state index contributed by atoms with van der Waals surface area (Å²) in [5, 5.41) is 12.6. The smallest absolute Gasteiger partial charge is 0.322 e. The van der Waals surface area contributed by atoms with E-state index in [1.54, 1.807) is 24.3 Å². The summed E-state index contributed by atoms with van der Waals surface area (Å²) in [6.07, 6.45) is 0. The quantitative estimate of drug-likeness (QED) is 0.669. The average Bonchev–Trinajstić information content (AvgIpc) is 3.24. The molecule has 30 heavy (non-hydrogen) atoms. The molecule has 0 radical (unpaired) electrons. The molecule has 0 spiro atoms. The van der Waals surface area contributed by atoms with Crippen molar-refractivity contribution in [2.75, 3.05) is 41.8 Å². The summed E-state index contributed by atoms with van der Waals surface area (Å²) >= 11 is 0. The number of aryl methyl sites for hydroxylation is 1. The molecule has 1 saturated heterocycles. The van der Waals surface area contributed by atoms with E-state index in [1.165, 1.54) is 0 Å². The predicted octanol–water partition coefficient (Wildman–Crippen LogP) is 2.72. The van der Waals surface area contributed by atoms with Crippen molar-refractivity contribution in [2.45, 2.75) is 6.92 Å². The van der Waals surface area contributed by atoms with Gasteiger partial charge in [-0.3, -0.25) is 14.9 Å². The van der Waals surface area contributed by atoms with Gasteiger partial charge in [0.15, 0.2) is 0 Å². The van der Waals surface area contributed by atoms with Crippen molar-refractivity contribution in [1.29, 1.82) is 0 Å². The van der Waals surface area contributed by atoms with Crippen molar-refractivity contribution in [3.8, 4) is 0 Å². The lowest BCUT2D eigenvalue weighted by Gasteiger charge is -2.28. The number of carbonyl (C=O) groups excluding carboxylic acids is 2. The first-order valence-corrected chi connectivity index (χ1v) is 9.54. The first-order valence-electron chi connectivity index (χ1n) is 9.54. The van der Waals surface area contributed by atoms with E-state index < -0.39 is 11.8 Å². The third-order valence-electron chi connectivity index (χ3n) is 4.65. The highest BCUT2D eigenvalue weighted by Crippen LogP contribution is 2.19. The molecule has 1 aliphatic rings. The van der Waals surface area contributed by atoms with Crippen LogP contribution in [0.3, 0.4) is 0 Å². The Morgan fingerprint density at radius 1 is 0.900 bits per heavy atom. The number of hydrogen-bond donors (Lipinski definition) is 2. The summed E-state index contributed by atoms with van der Waals surface area (Å²) in [5.74, 6) is -1.20. The first-order chi connectivity index (χ1) is 14.6. The Kier molecular flexibility index (Phi) is 5.71. The molecule has 4 rings (SSSR count). The van der Waals surface area contributed by atoms with Crippen LogP contribution in [-0.4, -0.2) is 48.3 Å². The highest BCUT2D eigenvalue weighted by Gasteiger charge is 2.17. The van der Waals surface area contributed by atoms with Gasteiger partial charge in [0, 0.05) is 30.0 Å². The molecule has 2 aromatic carbocycles. The molecule has 0 unspecified atom stereocenters. The number of nitrogens with zero attached hydrogens (tertiary/aromatic N) is 3. The maximum absolute atomic E-state index is 12.4. The van der Waals surface area contributed by atoms with Gasteiger partial charge in [0.2, 0.25) is 0 Å². The fraction of sp³-hybridized carbons (Fsp3) is 0.238. The average molecular weight is 407 g/mol. The molecule has 0 bridgehead atoms. The van der Waals surface area contributed by atoms with Crippen molar-refractivity contribution in [3.05, 3.63) is 65.5 Å². The van der Waals surface area contributed by atoms with Crippen LogP contribution in [0.15, 0.2) is 52.9 Å². The van der Waals surface area contributed by atoms with Gasteiger partial charge in [-0.15, -0.1) is 5.10 Å². The van der Waals surface area contributed by atoms with Crippen LogP contribution in [0.1, 0.15) is 26.6 Å². The fourth-order valence-electron chi connectivity index (χ4n) is 3.00. The minimum atomic E-state index is -0.558. The molecule has 3 aromatic rings. The van der Waals surface area contributed by atoms with Gasteiger partial charge < -0.3 is 19.4 Å². The van der Waals surface area contributed by atoms with Crippen molar-refractivity contribution in [2.24, 2.45) is 0 Å². The molecule has 9 nitrogen and oxygen atoms in total. The molecule has 0 atom stereocenters. The van der Waals surface area contributed by atoms with Crippen LogP contribution < -0.4 is 15.5 Å². The highest BCUT2D eigenvalue weighted by molar-refractivity contribution is 6.04. The molecule has 0 aliphatic carbocycles. The zero-order chi connectivity index (χ0) is 20.9. The lowest BCUT2D eigenvalue weighted by Crippen LogP contribution is -2.36. The third-order valence-corrected chi connectivity index (χ3v) is 4.65. The molecule has 1 aliphatic heterocycles. The van der Waals surface area contributed by atoms with E-state index in [0.717, 1.165) is 24.3 Å². The van der Waals surface area contributed by atoms with Crippen molar-refractivity contribution >= 4 is 29.2 Å². The Bertz CT molecular complexity index is 1020. The Balaban J connectivity index is 1.35. The van der Waals surface area contributed by atoms with Gasteiger partial charge in [-0.25, -0.2) is 0 Å². The largest absolute Gasteiger partial charge is 0.399 e. The fourth-order valence-corrected chi connectivity index (χ4v) is 3.00. The van der Waals surface area contributed by atoms with Gasteiger partial charge in [-0.05, 0) is 43.3 Å².